The Morgan fingerprint density at radius 3 is 2.25 bits per heavy atom. The topological polar surface area (TPSA) is 16.4 Å². The van der Waals surface area contributed by atoms with Gasteiger partial charge >= 0.3 is 0 Å². The van der Waals surface area contributed by atoms with Crippen LogP contribution in [0.25, 0.3) is 38.6 Å². The fourth-order valence-electron chi connectivity index (χ4n) is 7.37. The van der Waals surface area contributed by atoms with E-state index in [1.54, 1.807) is 0 Å². The van der Waals surface area contributed by atoms with Gasteiger partial charge in [-0.1, -0.05) is 103 Å². The van der Waals surface area contributed by atoms with Crippen molar-refractivity contribution in [1.29, 1.82) is 0 Å². The summed E-state index contributed by atoms with van der Waals surface area (Å²) in [6.45, 7) is 0. The smallest absolute Gasteiger partial charge is 0.135 e. The second kappa shape index (κ2) is 10.1. The highest BCUT2D eigenvalue weighted by atomic mass is 16.3. The third kappa shape index (κ3) is 4.02. The van der Waals surface area contributed by atoms with Crippen LogP contribution in [0, 0.1) is 0 Å². The molecule has 210 valence electrons. The number of rotatable bonds is 4. The van der Waals surface area contributed by atoms with Crippen LogP contribution >= 0.6 is 0 Å². The molecular formula is C42H31NO. The Morgan fingerprint density at radius 2 is 1.39 bits per heavy atom. The van der Waals surface area contributed by atoms with Crippen molar-refractivity contribution in [1.82, 2.24) is 0 Å². The van der Waals surface area contributed by atoms with Gasteiger partial charge in [-0.2, -0.15) is 0 Å². The number of para-hydroxylation sites is 2. The second-order valence-electron chi connectivity index (χ2n) is 12.0. The highest BCUT2D eigenvalue weighted by Gasteiger charge is 2.33. The molecule has 2 atom stereocenters. The van der Waals surface area contributed by atoms with E-state index in [9.17, 15) is 0 Å². The van der Waals surface area contributed by atoms with Gasteiger partial charge in [0.05, 0.1) is 0 Å². The number of anilines is 2. The number of allylic oxidation sites excluding steroid dienone is 7. The minimum atomic E-state index is 0.263. The molecule has 2 unspecified atom stereocenters. The number of furan rings is 1. The van der Waals surface area contributed by atoms with E-state index in [4.69, 9.17) is 4.42 Å². The largest absolute Gasteiger partial charge is 0.456 e. The summed E-state index contributed by atoms with van der Waals surface area (Å²) >= 11 is 0. The summed E-state index contributed by atoms with van der Waals surface area (Å²) in [5.41, 5.74) is 13.4. The van der Waals surface area contributed by atoms with Gasteiger partial charge in [0, 0.05) is 39.7 Å². The number of hydrogen-bond donors (Lipinski definition) is 0. The third-order valence-electron chi connectivity index (χ3n) is 9.45. The summed E-state index contributed by atoms with van der Waals surface area (Å²) < 4.78 is 6.33. The molecule has 1 heterocycles. The Labute approximate surface area is 257 Å². The van der Waals surface area contributed by atoms with Crippen LogP contribution in [-0.4, -0.2) is 0 Å². The van der Waals surface area contributed by atoms with E-state index in [0.717, 1.165) is 24.0 Å². The van der Waals surface area contributed by atoms with Crippen molar-refractivity contribution < 1.29 is 4.42 Å². The molecule has 3 aliphatic carbocycles. The lowest BCUT2D eigenvalue weighted by Gasteiger charge is -2.35. The molecule has 0 amide bonds. The van der Waals surface area contributed by atoms with Crippen LogP contribution in [0.3, 0.4) is 0 Å². The number of benzene rings is 5. The van der Waals surface area contributed by atoms with Crippen LogP contribution < -0.4 is 4.90 Å². The first kappa shape index (κ1) is 25.2. The Bertz CT molecular complexity index is 2170. The van der Waals surface area contributed by atoms with Gasteiger partial charge in [-0.05, 0) is 94.8 Å². The first-order valence-corrected chi connectivity index (χ1v) is 15.6. The average Bonchev–Trinajstić information content (AvgIpc) is 3.46. The zero-order chi connectivity index (χ0) is 29.0. The Balaban J connectivity index is 1.10. The maximum Gasteiger partial charge on any atom is 0.135 e. The lowest BCUT2D eigenvalue weighted by atomic mass is 9.68. The van der Waals surface area contributed by atoms with Gasteiger partial charge in [-0.15, -0.1) is 0 Å². The maximum atomic E-state index is 6.33. The summed E-state index contributed by atoms with van der Waals surface area (Å²) in [5, 5.41) is 2.36. The summed E-state index contributed by atoms with van der Waals surface area (Å²) in [6, 6.07) is 41.7. The van der Waals surface area contributed by atoms with Gasteiger partial charge in [-0.3, -0.25) is 0 Å². The molecule has 44 heavy (non-hydrogen) atoms. The molecule has 3 aliphatic rings. The van der Waals surface area contributed by atoms with E-state index in [-0.39, 0.29) is 11.8 Å². The van der Waals surface area contributed by atoms with Crippen LogP contribution in [-0.2, 0) is 0 Å². The quantitative estimate of drug-likeness (QED) is 0.211. The summed E-state index contributed by atoms with van der Waals surface area (Å²) in [6.07, 6.45) is 16.2. The maximum absolute atomic E-state index is 6.33. The molecule has 0 saturated heterocycles. The number of nitrogens with zero attached hydrogens (tertiary/aromatic N) is 1. The minimum absolute atomic E-state index is 0.263. The molecule has 0 N–H and O–H groups in total. The van der Waals surface area contributed by atoms with Crippen molar-refractivity contribution in [2.75, 3.05) is 4.90 Å². The van der Waals surface area contributed by atoms with Crippen LogP contribution in [0.2, 0.25) is 0 Å². The molecule has 0 aliphatic heterocycles. The van der Waals surface area contributed by atoms with Gasteiger partial charge in [0.1, 0.15) is 11.2 Å². The van der Waals surface area contributed by atoms with E-state index in [2.05, 4.69) is 151 Å². The molecule has 9 rings (SSSR count). The fraction of sp³-hybridized carbons (Fsp3) is 0.0952. The summed E-state index contributed by atoms with van der Waals surface area (Å²) in [4.78, 5) is 2.35. The van der Waals surface area contributed by atoms with Gasteiger partial charge in [0.15, 0.2) is 0 Å². The zero-order valence-electron chi connectivity index (χ0n) is 24.4. The van der Waals surface area contributed by atoms with Crippen molar-refractivity contribution in [2.45, 2.75) is 24.7 Å². The lowest BCUT2D eigenvalue weighted by Crippen LogP contribution is -2.17. The predicted molar refractivity (Wildman–Crippen MR) is 183 cm³/mol. The van der Waals surface area contributed by atoms with Crippen molar-refractivity contribution in [3.63, 3.8) is 0 Å². The van der Waals surface area contributed by atoms with E-state index in [0.29, 0.717) is 0 Å². The Kier molecular flexibility index (Phi) is 5.80. The molecule has 0 bridgehead atoms. The molecule has 0 spiro atoms. The molecule has 0 radical (unpaired) electrons. The van der Waals surface area contributed by atoms with Crippen molar-refractivity contribution in [3.8, 4) is 11.1 Å². The molecule has 5 aromatic carbocycles. The normalized spacial score (nSPS) is 18.4. The highest BCUT2D eigenvalue weighted by Crippen LogP contribution is 2.52. The number of hydrogen-bond acceptors (Lipinski definition) is 2. The molecule has 1 aromatic heterocycles. The van der Waals surface area contributed by atoms with E-state index in [1.165, 1.54) is 61.2 Å². The average molecular weight is 566 g/mol. The van der Waals surface area contributed by atoms with E-state index in [1.807, 2.05) is 6.07 Å². The van der Waals surface area contributed by atoms with Crippen molar-refractivity contribution in [2.24, 2.45) is 0 Å². The van der Waals surface area contributed by atoms with Gasteiger partial charge in [-0.25, -0.2) is 0 Å². The van der Waals surface area contributed by atoms with E-state index < -0.39 is 0 Å². The highest BCUT2D eigenvalue weighted by molar-refractivity contribution is 6.07. The van der Waals surface area contributed by atoms with Crippen LogP contribution in [0.1, 0.15) is 41.4 Å². The van der Waals surface area contributed by atoms with Crippen LogP contribution in [0.4, 0.5) is 11.4 Å². The van der Waals surface area contributed by atoms with Gasteiger partial charge in [0.2, 0.25) is 0 Å². The third-order valence-corrected chi connectivity index (χ3v) is 9.45. The van der Waals surface area contributed by atoms with Gasteiger partial charge in [0.25, 0.3) is 0 Å². The molecule has 0 saturated carbocycles. The summed E-state index contributed by atoms with van der Waals surface area (Å²) in [7, 11) is 0. The van der Waals surface area contributed by atoms with Crippen LogP contribution in [0.5, 0.6) is 0 Å². The molecule has 2 heteroatoms. The first-order valence-electron chi connectivity index (χ1n) is 15.6. The zero-order valence-corrected chi connectivity index (χ0v) is 24.4. The van der Waals surface area contributed by atoms with Crippen molar-refractivity contribution in [3.05, 3.63) is 174 Å². The molecule has 0 fully saturated rings. The monoisotopic (exact) mass is 565 g/mol. The SMILES string of the molecule is C1=CC(N(c2ccccc2)c2ccc(C3=CC4c5ccccc5-c5cc6c(cc5C4C=C3)oc3ccccc36)cc2)=CCC1. The fourth-order valence-corrected chi connectivity index (χ4v) is 7.37. The second-order valence-corrected chi connectivity index (χ2v) is 12.0. The lowest BCUT2D eigenvalue weighted by molar-refractivity contribution is 0.664. The molecular weight excluding hydrogens is 534 g/mol. The summed E-state index contributed by atoms with van der Waals surface area (Å²) in [5.74, 6) is 0.526. The van der Waals surface area contributed by atoms with Crippen molar-refractivity contribution >= 4 is 38.9 Å². The first-order chi connectivity index (χ1) is 21.8. The predicted octanol–water partition coefficient (Wildman–Crippen LogP) is 11.5. The van der Waals surface area contributed by atoms with E-state index >= 15 is 0 Å². The Hall–Kier alpha value is -5.34. The minimum Gasteiger partial charge on any atom is -0.456 e. The molecule has 6 aromatic rings. The van der Waals surface area contributed by atoms with Gasteiger partial charge < -0.3 is 9.32 Å². The molecule has 2 nitrogen and oxygen atoms in total. The number of fused-ring (bicyclic) bond motifs is 9. The standard InChI is InChI=1S/C42H31NO/c1-3-11-30(12-4-1)43(31-13-5-2-6-14-31)32-22-19-28(20-23-32)29-21-24-35-37(25-29)33-15-7-8-16-34(33)38-26-40-36-17-9-10-18-41(36)44-42(40)27-39(35)38/h1,3-5,7-27,35,37H,2,6H2. The Morgan fingerprint density at radius 1 is 0.591 bits per heavy atom. The van der Waals surface area contributed by atoms with Crippen LogP contribution in [0.15, 0.2) is 162 Å².